The maximum absolute atomic E-state index is 15.7. The molecule has 0 spiro atoms. The van der Waals surface area contributed by atoms with Gasteiger partial charge in [0.15, 0.2) is 11.6 Å². The Labute approximate surface area is 265 Å². The molecule has 5 aromatic rings. The van der Waals surface area contributed by atoms with Gasteiger partial charge in [-0.3, -0.25) is 14.5 Å². The van der Waals surface area contributed by atoms with Gasteiger partial charge in [-0.05, 0) is 87.5 Å². The first-order valence-corrected chi connectivity index (χ1v) is 15.8. The molecule has 8 heteroatoms. The zero-order chi connectivity index (χ0) is 31.3. The van der Waals surface area contributed by atoms with Gasteiger partial charge >= 0.3 is 5.97 Å². The van der Waals surface area contributed by atoms with Crippen LogP contribution < -0.4 is 9.47 Å². The van der Waals surface area contributed by atoms with Crippen molar-refractivity contribution in [1.82, 2.24) is 4.90 Å². The number of likely N-dealkylation sites (tertiary alicyclic amines) is 1. The topological polar surface area (TPSA) is 72.9 Å². The van der Waals surface area contributed by atoms with E-state index < -0.39 is 11.8 Å². The third-order valence-corrected chi connectivity index (χ3v) is 9.16. The van der Waals surface area contributed by atoms with Crippen molar-refractivity contribution in [1.29, 1.82) is 0 Å². The summed E-state index contributed by atoms with van der Waals surface area (Å²) >= 11 is 1.24. The zero-order valence-electron chi connectivity index (χ0n) is 24.9. The normalized spacial score (nSPS) is 13.5. The summed E-state index contributed by atoms with van der Waals surface area (Å²) in [4.78, 5) is 41.5. The summed E-state index contributed by atoms with van der Waals surface area (Å²) in [6.45, 7) is 5.12. The number of carbonyl (C=O) groups excluding carboxylic acids is 3. The second-order valence-corrected chi connectivity index (χ2v) is 12.1. The van der Waals surface area contributed by atoms with Crippen LogP contribution in [0.3, 0.4) is 0 Å². The number of ketones is 2. The molecule has 0 saturated carbocycles. The fourth-order valence-electron chi connectivity index (χ4n) is 5.54. The number of thiophene rings is 1. The van der Waals surface area contributed by atoms with Crippen molar-refractivity contribution in [2.45, 2.75) is 26.2 Å². The van der Waals surface area contributed by atoms with Crippen molar-refractivity contribution in [2.24, 2.45) is 0 Å². The molecule has 1 aromatic heterocycles. The molecule has 1 aliphatic heterocycles. The lowest BCUT2D eigenvalue weighted by Gasteiger charge is -2.26. The summed E-state index contributed by atoms with van der Waals surface area (Å²) in [5.41, 5.74) is 1.82. The van der Waals surface area contributed by atoms with Gasteiger partial charge in [-0.1, -0.05) is 36.8 Å². The average molecular weight is 622 g/mol. The first-order chi connectivity index (χ1) is 21.9. The predicted octanol–water partition coefficient (Wildman–Crippen LogP) is 8.22. The van der Waals surface area contributed by atoms with Gasteiger partial charge < -0.3 is 9.47 Å². The van der Waals surface area contributed by atoms with Crippen molar-refractivity contribution in [3.8, 4) is 21.9 Å². The Hall–Kier alpha value is -4.66. The number of carbonyl (C=O) groups is 3. The molecule has 6 rings (SSSR count). The van der Waals surface area contributed by atoms with E-state index in [0.29, 0.717) is 49.6 Å². The van der Waals surface area contributed by atoms with Crippen LogP contribution in [0.4, 0.5) is 4.39 Å². The third kappa shape index (κ3) is 6.87. The molecule has 228 valence electrons. The second kappa shape index (κ2) is 13.5. The molecule has 0 radical (unpaired) electrons. The van der Waals surface area contributed by atoms with E-state index >= 15 is 4.39 Å². The molecule has 0 unspecified atom stereocenters. The Morgan fingerprint density at radius 3 is 2.22 bits per heavy atom. The number of hydrogen-bond acceptors (Lipinski definition) is 7. The first-order valence-electron chi connectivity index (χ1n) is 15.0. The number of rotatable bonds is 10. The molecular formula is C37H32FNO5S. The maximum Gasteiger partial charge on any atom is 0.343 e. The molecule has 0 atom stereocenters. The molecule has 2 heterocycles. The Kier molecular flexibility index (Phi) is 9.14. The lowest BCUT2D eigenvalue weighted by Crippen LogP contribution is -2.33. The fraction of sp³-hybridized carbons (Fsp3) is 0.216. The number of piperidine rings is 1. The summed E-state index contributed by atoms with van der Waals surface area (Å²) in [5, 5.41) is 0.630. The third-order valence-electron chi connectivity index (χ3n) is 7.97. The summed E-state index contributed by atoms with van der Waals surface area (Å²) < 4.78 is 27.7. The smallest absolute Gasteiger partial charge is 0.343 e. The van der Waals surface area contributed by atoms with Crippen molar-refractivity contribution in [3.05, 3.63) is 119 Å². The molecular weight excluding hydrogens is 589 g/mol. The highest BCUT2D eigenvalue weighted by Crippen LogP contribution is 2.42. The highest BCUT2D eigenvalue weighted by atomic mass is 32.1. The van der Waals surface area contributed by atoms with Gasteiger partial charge in [-0.2, -0.15) is 0 Å². The molecule has 4 aromatic carbocycles. The van der Waals surface area contributed by atoms with E-state index in [1.165, 1.54) is 49.7 Å². The lowest BCUT2D eigenvalue weighted by atomic mass is 9.96. The number of fused-ring (bicyclic) bond motifs is 1. The Morgan fingerprint density at radius 2 is 1.51 bits per heavy atom. The van der Waals surface area contributed by atoms with Crippen LogP contribution in [-0.4, -0.2) is 48.7 Å². The maximum atomic E-state index is 15.7. The lowest BCUT2D eigenvalue weighted by molar-refractivity contribution is 0.0734. The summed E-state index contributed by atoms with van der Waals surface area (Å²) in [5.74, 6) is -0.892. The van der Waals surface area contributed by atoms with Gasteiger partial charge in [-0.25, -0.2) is 9.18 Å². The molecule has 0 bridgehead atoms. The van der Waals surface area contributed by atoms with E-state index in [9.17, 15) is 14.4 Å². The second-order valence-electron chi connectivity index (χ2n) is 11.1. The standard InChI is InChI=1S/C37H32FNO5S/c1-24(40)27-12-16-31-33(22-27)45-36(30-17-15-29(23-32(30)38)44-37(42)26-8-4-2-5-9-26)34(31)35(41)25-10-13-28(14-11-25)43-21-20-39-18-6-3-7-19-39/h2,4-5,8-17,22-23H,3,6-7,18-21H2,1H3. The zero-order valence-corrected chi connectivity index (χ0v) is 25.7. The molecule has 0 aliphatic carbocycles. The van der Waals surface area contributed by atoms with Crippen molar-refractivity contribution >= 4 is 39.0 Å². The molecule has 1 aliphatic rings. The monoisotopic (exact) mass is 621 g/mol. The minimum absolute atomic E-state index is 0.0498. The number of halogens is 1. The Morgan fingerprint density at radius 1 is 0.800 bits per heavy atom. The number of benzene rings is 4. The van der Waals surface area contributed by atoms with Crippen LogP contribution in [0.1, 0.15) is 62.8 Å². The van der Waals surface area contributed by atoms with Crippen LogP contribution in [0, 0.1) is 5.82 Å². The summed E-state index contributed by atoms with van der Waals surface area (Å²) in [7, 11) is 0. The first kappa shape index (κ1) is 30.4. The van der Waals surface area contributed by atoms with Gasteiger partial charge in [0, 0.05) is 49.8 Å². The van der Waals surface area contributed by atoms with E-state index in [2.05, 4.69) is 4.90 Å². The van der Waals surface area contributed by atoms with E-state index in [1.54, 1.807) is 72.8 Å². The van der Waals surface area contributed by atoms with Crippen LogP contribution in [0.5, 0.6) is 11.5 Å². The van der Waals surface area contributed by atoms with Crippen molar-refractivity contribution in [3.63, 3.8) is 0 Å². The van der Waals surface area contributed by atoms with E-state index in [0.717, 1.165) is 25.7 Å². The minimum Gasteiger partial charge on any atom is -0.492 e. The van der Waals surface area contributed by atoms with Crippen LogP contribution in [0.25, 0.3) is 20.5 Å². The van der Waals surface area contributed by atoms with Crippen LogP contribution in [0.15, 0.2) is 91.0 Å². The van der Waals surface area contributed by atoms with E-state index in [4.69, 9.17) is 9.47 Å². The molecule has 45 heavy (non-hydrogen) atoms. The average Bonchev–Trinajstić information content (AvgIpc) is 3.44. The highest BCUT2D eigenvalue weighted by Gasteiger charge is 2.24. The molecule has 1 fully saturated rings. The van der Waals surface area contributed by atoms with E-state index in [1.807, 2.05) is 0 Å². The summed E-state index contributed by atoms with van der Waals surface area (Å²) in [6.07, 6.45) is 3.73. The fourth-order valence-corrected chi connectivity index (χ4v) is 6.80. The number of hydrogen-bond donors (Lipinski definition) is 0. The van der Waals surface area contributed by atoms with Crippen LogP contribution >= 0.6 is 11.3 Å². The Balaban J connectivity index is 1.28. The highest BCUT2D eigenvalue weighted by molar-refractivity contribution is 7.22. The Bertz CT molecular complexity index is 1860. The number of nitrogens with zero attached hydrogens (tertiary/aromatic N) is 1. The van der Waals surface area contributed by atoms with Crippen molar-refractivity contribution < 1.29 is 28.2 Å². The van der Waals surface area contributed by atoms with E-state index in [-0.39, 0.29) is 22.9 Å². The molecule has 1 saturated heterocycles. The number of Topliss-reactive ketones (excluding diaryl/α,β-unsaturated/α-hetero) is 1. The largest absolute Gasteiger partial charge is 0.492 e. The van der Waals surface area contributed by atoms with Gasteiger partial charge in [0.1, 0.15) is 23.9 Å². The van der Waals surface area contributed by atoms with Crippen LogP contribution in [0.2, 0.25) is 0 Å². The summed E-state index contributed by atoms with van der Waals surface area (Å²) in [6, 6.07) is 24.8. The van der Waals surface area contributed by atoms with Crippen LogP contribution in [-0.2, 0) is 0 Å². The van der Waals surface area contributed by atoms with Gasteiger partial charge in [0.05, 0.1) is 5.56 Å². The molecule has 6 nitrogen and oxygen atoms in total. The van der Waals surface area contributed by atoms with Crippen molar-refractivity contribution in [2.75, 3.05) is 26.2 Å². The number of esters is 1. The number of ether oxygens (including phenoxy) is 2. The van der Waals surface area contributed by atoms with Gasteiger partial charge in [0.2, 0.25) is 0 Å². The predicted molar refractivity (Wildman–Crippen MR) is 174 cm³/mol. The van der Waals surface area contributed by atoms with Gasteiger partial charge in [-0.15, -0.1) is 11.3 Å². The SMILES string of the molecule is CC(=O)c1ccc2c(C(=O)c3ccc(OCCN4CCCCC4)cc3)c(-c3ccc(OC(=O)c4ccccc4)cc3F)sc2c1. The molecule has 0 amide bonds. The van der Waals surface area contributed by atoms with Gasteiger partial charge in [0.25, 0.3) is 0 Å². The minimum atomic E-state index is -0.641. The molecule has 0 N–H and O–H groups in total. The quantitative estimate of drug-likeness (QED) is 0.0889.